The van der Waals surface area contributed by atoms with Crippen LogP contribution in [0.25, 0.3) is 0 Å². The maximum atomic E-state index is 12.5. The Morgan fingerprint density at radius 3 is 2.60 bits per heavy atom. The van der Waals surface area contributed by atoms with E-state index in [2.05, 4.69) is 10.6 Å². The van der Waals surface area contributed by atoms with Crippen LogP contribution in [-0.4, -0.2) is 40.8 Å². The van der Waals surface area contributed by atoms with Crippen LogP contribution in [-0.2, 0) is 16.1 Å². The van der Waals surface area contributed by atoms with Crippen molar-refractivity contribution in [1.29, 1.82) is 0 Å². The van der Waals surface area contributed by atoms with Crippen molar-refractivity contribution in [1.82, 2.24) is 10.2 Å². The lowest BCUT2D eigenvalue weighted by Crippen LogP contribution is -2.31. The summed E-state index contributed by atoms with van der Waals surface area (Å²) in [5.41, 5.74) is 1.87. The number of benzene rings is 1. The normalized spacial score (nSPS) is 24.6. The van der Waals surface area contributed by atoms with Crippen LogP contribution in [0.3, 0.4) is 0 Å². The maximum Gasteiger partial charge on any atom is 0.289 e. The molecule has 1 saturated carbocycles. The average molecular weight is 359 g/mol. The van der Waals surface area contributed by atoms with Crippen LogP contribution in [0.1, 0.15) is 24.8 Å². The number of anilines is 1. The summed E-state index contributed by atoms with van der Waals surface area (Å²) in [6.07, 6.45) is 3.16. The fourth-order valence-corrected chi connectivity index (χ4v) is 4.56. The SMILES string of the molecule is O=C(Nc1ccc(CN2C(=O)CSC2=O)cc1)C1CC12CCNCC2. The number of carbonyl (C=O) groups excluding carboxylic acids is 3. The molecule has 7 heteroatoms. The molecule has 0 aromatic heterocycles. The molecule has 3 amide bonds. The minimum absolute atomic E-state index is 0.107. The molecule has 0 radical (unpaired) electrons. The maximum absolute atomic E-state index is 12.5. The minimum Gasteiger partial charge on any atom is -0.326 e. The quantitative estimate of drug-likeness (QED) is 0.862. The third-order valence-corrected chi connectivity index (χ3v) is 6.37. The van der Waals surface area contributed by atoms with Crippen molar-refractivity contribution in [2.75, 3.05) is 24.2 Å². The lowest BCUT2D eigenvalue weighted by molar-refractivity contribution is -0.125. The van der Waals surface area contributed by atoms with Crippen molar-refractivity contribution in [3.05, 3.63) is 29.8 Å². The molecule has 25 heavy (non-hydrogen) atoms. The summed E-state index contributed by atoms with van der Waals surface area (Å²) in [7, 11) is 0. The first kappa shape index (κ1) is 16.6. The summed E-state index contributed by atoms with van der Waals surface area (Å²) >= 11 is 1.04. The van der Waals surface area contributed by atoms with Gasteiger partial charge in [0.15, 0.2) is 0 Å². The second-order valence-electron chi connectivity index (χ2n) is 7.09. The molecular formula is C18H21N3O3S. The van der Waals surface area contributed by atoms with Gasteiger partial charge in [-0.25, -0.2) is 0 Å². The van der Waals surface area contributed by atoms with E-state index in [1.807, 2.05) is 24.3 Å². The van der Waals surface area contributed by atoms with Gasteiger partial charge in [0.05, 0.1) is 12.3 Å². The number of nitrogens with zero attached hydrogens (tertiary/aromatic N) is 1. The van der Waals surface area contributed by atoms with Crippen molar-refractivity contribution < 1.29 is 14.4 Å². The number of hydrogen-bond acceptors (Lipinski definition) is 5. The van der Waals surface area contributed by atoms with Crippen LogP contribution in [0.2, 0.25) is 0 Å². The van der Waals surface area contributed by atoms with Gasteiger partial charge in [0.2, 0.25) is 11.8 Å². The predicted molar refractivity (Wildman–Crippen MR) is 96.1 cm³/mol. The number of amides is 3. The Hall–Kier alpha value is -1.86. The first-order valence-electron chi connectivity index (χ1n) is 8.65. The monoisotopic (exact) mass is 359 g/mol. The van der Waals surface area contributed by atoms with Crippen molar-refractivity contribution in [2.45, 2.75) is 25.8 Å². The number of thioether (sulfide) groups is 1. The smallest absolute Gasteiger partial charge is 0.289 e. The molecule has 1 aromatic carbocycles. The molecule has 1 unspecified atom stereocenters. The summed E-state index contributed by atoms with van der Waals surface area (Å²) in [4.78, 5) is 37.0. The van der Waals surface area contributed by atoms with Crippen molar-refractivity contribution in [3.63, 3.8) is 0 Å². The molecular weight excluding hydrogens is 338 g/mol. The van der Waals surface area contributed by atoms with E-state index in [-0.39, 0.29) is 40.7 Å². The molecule has 0 bridgehead atoms. The largest absolute Gasteiger partial charge is 0.326 e. The number of rotatable bonds is 4. The van der Waals surface area contributed by atoms with Crippen LogP contribution in [0.15, 0.2) is 24.3 Å². The molecule has 1 aromatic rings. The van der Waals surface area contributed by atoms with Gasteiger partial charge >= 0.3 is 0 Å². The van der Waals surface area contributed by atoms with Gasteiger partial charge in [0, 0.05) is 11.6 Å². The lowest BCUT2D eigenvalue weighted by Gasteiger charge is -2.23. The highest BCUT2D eigenvalue weighted by atomic mass is 32.2. The highest BCUT2D eigenvalue weighted by Crippen LogP contribution is 2.58. The number of piperidine rings is 1. The Morgan fingerprint density at radius 2 is 1.96 bits per heavy atom. The summed E-state index contributed by atoms with van der Waals surface area (Å²) in [5.74, 6) is 0.321. The van der Waals surface area contributed by atoms with E-state index in [0.717, 1.165) is 55.4 Å². The Balaban J connectivity index is 1.34. The molecule has 2 N–H and O–H groups in total. The zero-order valence-electron chi connectivity index (χ0n) is 13.9. The molecule has 2 saturated heterocycles. The van der Waals surface area contributed by atoms with Gasteiger partial charge in [0.1, 0.15) is 0 Å². The zero-order chi connectivity index (χ0) is 17.4. The Morgan fingerprint density at radius 1 is 1.24 bits per heavy atom. The van der Waals surface area contributed by atoms with Crippen LogP contribution < -0.4 is 10.6 Å². The molecule has 132 valence electrons. The molecule has 2 aliphatic heterocycles. The summed E-state index contributed by atoms with van der Waals surface area (Å²) < 4.78 is 0. The number of nitrogens with one attached hydrogen (secondary N) is 2. The van der Waals surface area contributed by atoms with E-state index in [1.54, 1.807) is 0 Å². The number of imide groups is 1. The fraction of sp³-hybridized carbons (Fsp3) is 0.500. The Labute approximate surface area is 150 Å². The third-order valence-electron chi connectivity index (χ3n) is 5.51. The molecule has 2 heterocycles. The van der Waals surface area contributed by atoms with Crippen molar-refractivity contribution in [3.8, 4) is 0 Å². The van der Waals surface area contributed by atoms with Gasteiger partial charge < -0.3 is 10.6 Å². The van der Waals surface area contributed by atoms with Crippen LogP contribution in [0.5, 0.6) is 0 Å². The van der Waals surface area contributed by atoms with E-state index < -0.39 is 0 Å². The highest BCUT2D eigenvalue weighted by Gasteiger charge is 2.57. The van der Waals surface area contributed by atoms with Gasteiger partial charge in [-0.2, -0.15) is 0 Å². The Bertz CT molecular complexity index is 697. The second kappa shape index (κ2) is 6.46. The molecule has 3 fully saturated rings. The zero-order valence-corrected chi connectivity index (χ0v) is 14.7. The molecule has 4 rings (SSSR count). The molecule has 1 spiro atoms. The summed E-state index contributed by atoms with van der Waals surface area (Å²) in [6, 6.07) is 7.38. The van der Waals surface area contributed by atoms with Gasteiger partial charge in [-0.1, -0.05) is 23.9 Å². The van der Waals surface area contributed by atoms with Crippen LogP contribution >= 0.6 is 11.8 Å². The van der Waals surface area contributed by atoms with E-state index in [0.29, 0.717) is 0 Å². The van der Waals surface area contributed by atoms with Gasteiger partial charge in [0.25, 0.3) is 5.24 Å². The summed E-state index contributed by atoms with van der Waals surface area (Å²) in [6.45, 7) is 2.30. The van der Waals surface area contributed by atoms with Crippen LogP contribution in [0.4, 0.5) is 10.5 Å². The van der Waals surface area contributed by atoms with Gasteiger partial charge in [-0.3, -0.25) is 19.3 Å². The average Bonchev–Trinajstić information content (AvgIpc) is 3.22. The van der Waals surface area contributed by atoms with Gasteiger partial charge in [-0.15, -0.1) is 0 Å². The molecule has 6 nitrogen and oxygen atoms in total. The Kier molecular flexibility index (Phi) is 4.29. The standard InChI is InChI=1S/C18H21N3O3S/c22-15-11-25-17(24)21(15)10-12-1-3-13(4-2-12)20-16(23)14-9-18(14)5-7-19-8-6-18/h1-4,14,19H,5-11H2,(H,20,23). The van der Waals surface area contributed by atoms with E-state index in [4.69, 9.17) is 0 Å². The first-order valence-corrected chi connectivity index (χ1v) is 9.64. The first-order chi connectivity index (χ1) is 12.1. The van der Waals surface area contributed by atoms with E-state index >= 15 is 0 Å². The minimum atomic E-state index is -0.191. The lowest BCUT2D eigenvalue weighted by atomic mass is 9.92. The second-order valence-corrected chi connectivity index (χ2v) is 8.02. The van der Waals surface area contributed by atoms with E-state index in [9.17, 15) is 14.4 Å². The fourth-order valence-electron chi connectivity index (χ4n) is 3.83. The molecule has 1 atom stereocenters. The number of hydrogen-bond donors (Lipinski definition) is 2. The topological polar surface area (TPSA) is 78.5 Å². The van der Waals surface area contributed by atoms with Gasteiger partial charge in [-0.05, 0) is 55.5 Å². The number of carbonyl (C=O) groups is 3. The molecule has 1 aliphatic carbocycles. The highest BCUT2D eigenvalue weighted by molar-refractivity contribution is 8.14. The predicted octanol–water partition coefficient (Wildman–Crippen LogP) is 2.21. The third kappa shape index (κ3) is 3.30. The van der Waals surface area contributed by atoms with E-state index in [1.165, 1.54) is 4.90 Å². The van der Waals surface area contributed by atoms with Crippen molar-refractivity contribution in [2.24, 2.45) is 11.3 Å². The summed E-state index contributed by atoms with van der Waals surface area (Å²) in [5, 5.41) is 6.16. The van der Waals surface area contributed by atoms with Crippen molar-refractivity contribution >= 4 is 34.5 Å². The molecule has 3 aliphatic rings. The van der Waals surface area contributed by atoms with Crippen LogP contribution in [0, 0.1) is 11.3 Å².